The fourth-order valence-electron chi connectivity index (χ4n) is 3.74. The Hall–Kier alpha value is -3.00. The molecule has 0 aromatic heterocycles. The number of amides is 1. The summed E-state index contributed by atoms with van der Waals surface area (Å²) in [6.07, 6.45) is 0. The van der Waals surface area contributed by atoms with Gasteiger partial charge < -0.3 is 14.8 Å². The highest BCUT2D eigenvalue weighted by Crippen LogP contribution is 2.45. The molecule has 1 aliphatic heterocycles. The van der Waals surface area contributed by atoms with Crippen molar-refractivity contribution < 1.29 is 22.7 Å². The molecule has 160 valence electrons. The lowest BCUT2D eigenvalue weighted by Gasteiger charge is -2.32. The second kappa shape index (κ2) is 8.02. The third-order valence-corrected chi connectivity index (χ3v) is 7.32. The maximum Gasteiger partial charge on any atom is 0.270 e. The van der Waals surface area contributed by atoms with Crippen molar-refractivity contribution in [2.45, 2.75) is 27.7 Å². The first-order valence-corrected chi connectivity index (χ1v) is 11.0. The molecule has 0 saturated heterocycles. The van der Waals surface area contributed by atoms with Gasteiger partial charge in [-0.25, -0.2) is 8.42 Å². The molecule has 2 aromatic carbocycles. The number of nitrogens with one attached hydrogen (secondary N) is 1. The third-order valence-electron chi connectivity index (χ3n) is 5.28. The van der Waals surface area contributed by atoms with Crippen molar-refractivity contribution >= 4 is 32.9 Å². The number of allylic oxidation sites excluding steroid dienone is 1. The van der Waals surface area contributed by atoms with Crippen LogP contribution in [0, 0.1) is 13.8 Å². The zero-order valence-electron chi connectivity index (χ0n) is 18.0. The molecule has 1 amide bonds. The first-order chi connectivity index (χ1) is 14.2. The Morgan fingerprint density at radius 1 is 1.03 bits per heavy atom. The van der Waals surface area contributed by atoms with E-state index in [1.807, 2.05) is 32.0 Å². The molecule has 0 spiro atoms. The summed E-state index contributed by atoms with van der Waals surface area (Å²) < 4.78 is 38.7. The summed E-state index contributed by atoms with van der Waals surface area (Å²) >= 11 is 0. The van der Waals surface area contributed by atoms with E-state index in [1.54, 1.807) is 26.0 Å². The number of hydrogen-bond acceptors (Lipinski definition) is 5. The molecule has 0 saturated carbocycles. The number of rotatable bonds is 5. The average molecular weight is 431 g/mol. The van der Waals surface area contributed by atoms with Crippen LogP contribution in [-0.4, -0.2) is 35.1 Å². The van der Waals surface area contributed by atoms with Gasteiger partial charge >= 0.3 is 0 Å². The number of sulfonamides is 1. The smallest absolute Gasteiger partial charge is 0.270 e. The van der Waals surface area contributed by atoms with Crippen LogP contribution < -0.4 is 19.1 Å². The Balaban J connectivity index is 2.21. The van der Waals surface area contributed by atoms with Crippen molar-refractivity contribution in [1.29, 1.82) is 0 Å². The number of benzene rings is 2. The Bertz CT molecular complexity index is 1130. The number of aryl methyl sites for hydroxylation is 2. The van der Waals surface area contributed by atoms with Gasteiger partial charge in [0, 0.05) is 23.9 Å². The fourth-order valence-corrected chi connectivity index (χ4v) is 5.49. The number of anilines is 2. The van der Waals surface area contributed by atoms with Crippen molar-refractivity contribution in [1.82, 2.24) is 0 Å². The van der Waals surface area contributed by atoms with Gasteiger partial charge in [0.15, 0.2) is 16.4 Å². The van der Waals surface area contributed by atoms with E-state index in [-0.39, 0.29) is 11.4 Å². The number of nitrogens with zero attached hydrogens (tertiary/aromatic N) is 1. The van der Waals surface area contributed by atoms with E-state index in [0.717, 1.165) is 11.1 Å². The lowest BCUT2D eigenvalue weighted by molar-refractivity contribution is -0.112. The largest absolute Gasteiger partial charge is 0.493 e. The van der Waals surface area contributed by atoms with E-state index in [4.69, 9.17) is 9.47 Å². The number of para-hydroxylation sites is 1. The fraction of sp³-hybridized carbons (Fsp3) is 0.318. The molecule has 0 aliphatic carbocycles. The predicted octanol–water partition coefficient (Wildman–Crippen LogP) is 3.86. The van der Waals surface area contributed by atoms with Gasteiger partial charge in [-0.05, 0) is 50.5 Å². The van der Waals surface area contributed by atoms with E-state index < -0.39 is 15.9 Å². The maximum atomic E-state index is 13.4. The van der Waals surface area contributed by atoms with Gasteiger partial charge in [0.05, 0.1) is 19.9 Å². The predicted molar refractivity (Wildman–Crippen MR) is 119 cm³/mol. The van der Waals surface area contributed by atoms with Crippen LogP contribution in [0.25, 0.3) is 5.57 Å². The summed E-state index contributed by atoms with van der Waals surface area (Å²) in [4.78, 5) is 12.9. The van der Waals surface area contributed by atoms with Crippen LogP contribution >= 0.6 is 0 Å². The van der Waals surface area contributed by atoms with Gasteiger partial charge in [-0.1, -0.05) is 18.2 Å². The lowest BCUT2D eigenvalue weighted by Crippen LogP contribution is -2.39. The SMILES string of the molecule is CCN1c2cc(OC)c(OC)cc2C(C)=C(C(=O)Nc2c(C)cccc2C)S1(=O)=O. The van der Waals surface area contributed by atoms with E-state index in [1.165, 1.54) is 18.5 Å². The van der Waals surface area contributed by atoms with Crippen molar-refractivity contribution in [3.05, 3.63) is 51.9 Å². The first kappa shape index (κ1) is 21.7. The summed E-state index contributed by atoms with van der Waals surface area (Å²) in [6, 6.07) is 8.94. The van der Waals surface area contributed by atoms with Gasteiger partial charge in [-0.15, -0.1) is 0 Å². The van der Waals surface area contributed by atoms with Gasteiger partial charge in [0.2, 0.25) is 0 Å². The van der Waals surface area contributed by atoms with E-state index in [2.05, 4.69) is 5.32 Å². The summed E-state index contributed by atoms with van der Waals surface area (Å²) in [6.45, 7) is 7.25. The minimum absolute atomic E-state index is 0.165. The van der Waals surface area contributed by atoms with E-state index >= 15 is 0 Å². The topological polar surface area (TPSA) is 84.9 Å². The molecule has 0 unspecified atom stereocenters. The third kappa shape index (κ3) is 3.41. The minimum atomic E-state index is -4.06. The first-order valence-electron chi connectivity index (χ1n) is 9.54. The normalized spacial score (nSPS) is 14.9. The molecule has 1 aliphatic rings. The van der Waals surface area contributed by atoms with Crippen molar-refractivity contribution in [2.75, 3.05) is 30.4 Å². The number of fused-ring (bicyclic) bond motifs is 1. The molecule has 3 rings (SSSR count). The highest BCUT2D eigenvalue weighted by atomic mass is 32.2. The van der Waals surface area contributed by atoms with Crippen molar-refractivity contribution in [2.24, 2.45) is 0 Å². The molecule has 0 bridgehead atoms. The number of carbonyl (C=O) groups excluding carboxylic acids is 1. The zero-order chi connectivity index (χ0) is 22.2. The van der Waals surface area contributed by atoms with Gasteiger partial charge in [-0.2, -0.15) is 0 Å². The van der Waals surface area contributed by atoms with Crippen molar-refractivity contribution in [3.63, 3.8) is 0 Å². The van der Waals surface area contributed by atoms with Gasteiger partial charge in [-0.3, -0.25) is 9.10 Å². The van der Waals surface area contributed by atoms with Crippen molar-refractivity contribution in [3.8, 4) is 11.5 Å². The zero-order valence-corrected chi connectivity index (χ0v) is 18.8. The summed E-state index contributed by atoms with van der Waals surface area (Å²) in [5.74, 6) is 0.213. The molecule has 0 radical (unpaired) electrons. The Morgan fingerprint density at radius 3 is 2.13 bits per heavy atom. The molecule has 7 nitrogen and oxygen atoms in total. The van der Waals surface area contributed by atoms with Crippen LogP contribution in [0.2, 0.25) is 0 Å². The minimum Gasteiger partial charge on any atom is -0.493 e. The molecule has 1 heterocycles. The van der Waals surface area contributed by atoms with Crippen LogP contribution in [0.15, 0.2) is 35.2 Å². The molecule has 2 aromatic rings. The van der Waals surface area contributed by atoms with Crippen LogP contribution in [-0.2, 0) is 14.8 Å². The highest BCUT2D eigenvalue weighted by molar-refractivity contribution is 7.97. The molecule has 1 N–H and O–H groups in total. The molecular formula is C22H26N2O5S. The van der Waals surface area contributed by atoms with Crippen LogP contribution in [0.3, 0.4) is 0 Å². The Kier molecular flexibility index (Phi) is 5.81. The number of carbonyl (C=O) groups is 1. The van der Waals surface area contributed by atoms with Gasteiger partial charge in [0.25, 0.3) is 15.9 Å². The second-order valence-electron chi connectivity index (χ2n) is 7.07. The molecule has 0 fully saturated rings. The van der Waals surface area contributed by atoms with Gasteiger partial charge in [0.1, 0.15) is 0 Å². The summed E-state index contributed by atoms with van der Waals surface area (Å²) in [5, 5.41) is 2.80. The number of ether oxygens (including phenoxy) is 2. The average Bonchev–Trinajstić information content (AvgIpc) is 2.69. The Labute approximate surface area is 177 Å². The van der Waals surface area contributed by atoms with E-state index in [0.29, 0.717) is 34.0 Å². The lowest BCUT2D eigenvalue weighted by atomic mass is 10.0. The molecule has 30 heavy (non-hydrogen) atoms. The molecule has 8 heteroatoms. The maximum absolute atomic E-state index is 13.4. The van der Waals surface area contributed by atoms with Crippen LogP contribution in [0.4, 0.5) is 11.4 Å². The number of hydrogen-bond donors (Lipinski definition) is 1. The van der Waals surface area contributed by atoms with E-state index in [9.17, 15) is 13.2 Å². The monoisotopic (exact) mass is 430 g/mol. The standard InChI is InChI=1S/C22H26N2O5S/c1-7-24-17-12-19(29-6)18(28-5)11-16(17)15(4)21(30(24,26)27)22(25)23-20-13(2)9-8-10-14(20)3/h8-12H,7H2,1-6H3,(H,23,25). The quantitative estimate of drug-likeness (QED) is 0.779. The van der Waals surface area contributed by atoms with Crippen LogP contribution in [0.5, 0.6) is 11.5 Å². The summed E-state index contributed by atoms with van der Waals surface area (Å²) in [7, 11) is -1.06. The van der Waals surface area contributed by atoms with Crippen LogP contribution in [0.1, 0.15) is 30.5 Å². The Morgan fingerprint density at radius 2 is 1.60 bits per heavy atom. The highest BCUT2D eigenvalue weighted by Gasteiger charge is 2.39. The number of methoxy groups -OCH3 is 2. The molecular weight excluding hydrogens is 404 g/mol. The molecule has 0 atom stereocenters. The summed E-state index contributed by atoms with van der Waals surface area (Å²) in [5.41, 5.74) is 3.74. The second-order valence-corrected chi connectivity index (χ2v) is 8.87.